The van der Waals surface area contributed by atoms with Crippen molar-refractivity contribution in [1.82, 2.24) is 4.98 Å². The Morgan fingerprint density at radius 2 is 2.11 bits per heavy atom. The molecule has 0 aliphatic carbocycles. The molecule has 1 aromatic heterocycles. The first-order valence-electron chi connectivity index (χ1n) is 5.50. The fourth-order valence-electron chi connectivity index (χ4n) is 1.56. The molecule has 1 unspecified atom stereocenters. The van der Waals surface area contributed by atoms with E-state index in [1.165, 1.54) is 0 Å². The van der Waals surface area contributed by atoms with Crippen LogP contribution in [0, 0.1) is 0 Å². The Morgan fingerprint density at radius 3 is 2.83 bits per heavy atom. The first-order chi connectivity index (χ1) is 8.66. The third-order valence-electron chi connectivity index (χ3n) is 2.49. The molecule has 0 spiro atoms. The summed E-state index contributed by atoms with van der Waals surface area (Å²) in [7, 11) is -1.10. The molecule has 0 radical (unpaired) electrons. The number of aromatic nitrogens is 1. The van der Waals surface area contributed by atoms with E-state index in [4.69, 9.17) is 5.73 Å². The normalized spacial score (nSPS) is 12.3. The van der Waals surface area contributed by atoms with Crippen molar-refractivity contribution in [3.63, 3.8) is 0 Å². The number of benzene rings is 1. The van der Waals surface area contributed by atoms with E-state index in [9.17, 15) is 4.21 Å². The maximum absolute atomic E-state index is 12.2. The smallest absolute Gasteiger partial charge is 0.0628 e. The van der Waals surface area contributed by atoms with E-state index in [2.05, 4.69) is 20.9 Å². The second-order valence-corrected chi connectivity index (χ2v) is 6.26. The van der Waals surface area contributed by atoms with E-state index >= 15 is 0 Å². The number of hydrogen-bond acceptors (Lipinski definition) is 3. The molecule has 1 aromatic carbocycles. The Kier molecular flexibility index (Phi) is 4.49. The molecule has 0 saturated heterocycles. The summed E-state index contributed by atoms with van der Waals surface area (Å²) >= 11 is 3.36. The van der Waals surface area contributed by atoms with Crippen molar-refractivity contribution in [1.29, 1.82) is 0 Å². The highest BCUT2D eigenvalue weighted by atomic mass is 79.9. The fraction of sp³-hybridized carbons (Fsp3) is 0.154. The maximum Gasteiger partial charge on any atom is 0.0628 e. The molecule has 2 aromatic rings. The Labute approximate surface area is 117 Å². The van der Waals surface area contributed by atoms with Gasteiger partial charge in [-0.1, -0.05) is 22.0 Å². The van der Waals surface area contributed by atoms with Crippen LogP contribution in [-0.2, 0) is 17.2 Å². The zero-order valence-electron chi connectivity index (χ0n) is 9.67. The van der Waals surface area contributed by atoms with Gasteiger partial charge in [-0.3, -0.25) is 9.19 Å². The van der Waals surface area contributed by atoms with Gasteiger partial charge in [0.2, 0.25) is 0 Å². The number of rotatable bonds is 4. The number of halogens is 1. The number of nitrogens with zero attached hydrogens (tertiary/aromatic N) is 1. The molecule has 2 N–H and O–H groups in total. The van der Waals surface area contributed by atoms with Gasteiger partial charge in [0.05, 0.1) is 15.7 Å². The van der Waals surface area contributed by atoms with Crippen molar-refractivity contribution in [2.75, 3.05) is 11.5 Å². The predicted octanol–water partition coefficient (Wildman–Crippen LogP) is 2.78. The van der Waals surface area contributed by atoms with Crippen molar-refractivity contribution < 1.29 is 4.21 Å². The van der Waals surface area contributed by atoms with Crippen molar-refractivity contribution in [2.45, 2.75) is 11.3 Å². The van der Waals surface area contributed by atoms with Gasteiger partial charge in [-0.25, -0.2) is 0 Å². The minimum absolute atomic E-state index is 0.525. The Bertz CT molecular complexity index is 560. The van der Waals surface area contributed by atoms with Crippen LogP contribution in [0.5, 0.6) is 0 Å². The quantitative estimate of drug-likeness (QED) is 0.880. The Morgan fingerprint density at radius 1 is 1.28 bits per heavy atom. The second kappa shape index (κ2) is 6.11. The highest BCUT2D eigenvalue weighted by Gasteiger charge is 2.09. The number of anilines is 1. The molecule has 5 heteroatoms. The molecular weight excluding hydrogens is 312 g/mol. The molecule has 1 heterocycles. The summed E-state index contributed by atoms with van der Waals surface area (Å²) in [5, 5.41) is 0. The predicted molar refractivity (Wildman–Crippen MR) is 77.8 cm³/mol. The van der Waals surface area contributed by atoms with Gasteiger partial charge in [-0.15, -0.1) is 0 Å². The molecule has 0 fully saturated rings. The largest absolute Gasteiger partial charge is 0.398 e. The minimum atomic E-state index is -1.10. The number of pyridine rings is 1. The van der Waals surface area contributed by atoms with Gasteiger partial charge >= 0.3 is 0 Å². The van der Waals surface area contributed by atoms with Crippen LogP contribution >= 0.6 is 15.9 Å². The highest BCUT2D eigenvalue weighted by Crippen LogP contribution is 2.22. The average Bonchev–Trinajstić information content (AvgIpc) is 2.40. The monoisotopic (exact) mass is 324 g/mol. The zero-order chi connectivity index (χ0) is 13.0. The molecule has 0 bridgehead atoms. The van der Waals surface area contributed by atoms with E-state index in [0.717, 1.165) is 10.2 Å². The Hall–Kier alpha value is -1.20. The SMILES string of the molecule is Nc1ccc(Br)cc1S(=O)CCc1ccccn1. The van der Waals surface area contributed by atoms with Crippen LogP contribution in [0.2, 0.25) is 0 Å². The first kappa shape index (κ1) is 13.2. The average molecular weight is 325 g/mol. The lowest BCUT2D eigenvalue weighted by Crippen LogP contribution is -2.05. The van der Waals surface area contributed by atoms with Crippen molar-refractivity contribution in [3.05, 3.63) is 52.8 Å². The minimum Gasteiger partial charge on any atom is -0.398 e. The van der Waals surface area contributed by atoms with Gasteiger partial charge in [-0.05, 0) is 30.3 Å². The summed E-state index contributed by atoms with van der Waals surface area (Å²) in [6, 6.07) is 11.1. The van der Waals surface area contributed by atoms with Crippen molar-refractivity contribution in [2.24, 2.45) is 0 Å². The highest BCUT2D eigenvalue weighted by molar-refractivity contribution is 9.10. The standard InChI is InChI=1S/C13H13BrN2OS/c14-10-4-5-12(15)13(9-10)18(17)8-6-11-3-1-2-7-16-11/h1-5,7,9H,6,8,15H2. The van der Waals surface area contributed by atoms with Gasteiger partial charge in [0, 0.05) is 34.2 Å². The van der Waals surface area contributed by atoms with Crippen LogP contribution in [0.3, 0.4) is 0 Å². The van der Waals surface area contributed by atoms with Crippen molar-refractivity contribution >= 4 is 32.4 Å². The molecule has 1 atom stereocenters. The zero-order valence-corrected chi connectivity index (χ0v) is 12.1. The topological polar surface area (TPSA) is 56.0 Å². The summed E-state index contributed by atoms with van der Waals surface area (Å²) < 4.78 is 13.1. The first-order valence-corrected chi connectivity index (χ1v) is 7.61. The second-order valence-electron chi connectivity index (χ2n) is 3.80. The Balaban J connectivity index is 2.06. The van der Waals surface area contributed by atoms with Gasteiger partial charge in [-0.2, -0.15) is 0 Å². The van der Waals surface area contributed by atoms with Gasteiger partial charge in [0.15, 0.2) is 0 Å². The van der Waals surface area contributed by atoms with Crippen LogP contribution in [0.1, 0.15) is 5.69 Å². The van der Waals surface area contributed by atoms with Gasteiger partial charge in [0.25, 0.3) is 0 Å². The number of nitrogens with two attached hydrogens (primary N) is 1. The summed E-state index contributed by atoms with van der Waals surface area (Å²) in [6.07, 6.45) is 2.42. The number of aryl methyl sites for hydroxylation is 1. The molecule has 94 valence electrons. The van der Waals surface area contributed by atoms with Crippen LogP contribution in [0.15, 0.2) is 52.0 Å². The lowest BCUT2D eigenvalue weighted by molar-refractivity contribution is 0.682. The summed E-state index contributed by atoms with van der Waals surface area (Å²) in [5.41, 5.74) is 7.34. The molecule has 0 aliphatic heterocycles. The summed E-state index contributed by atoms with van der Waals surface area (Å²) in [6.45, 7) is 0. The molecule has 18 heavy (non-hydrogen) atoms. The third-order valence-corrected chi connectivity index (χ3v) is 4.40. The molecule has 3 nitrogen and oxygen atoms in total. The fourth-order valence-corrected chi connectivity index (χ4v) is 3.28. The lowest BCUT2D eigenvalue weighted by Gasteiger charge is -2.06. The molecule has 2 rings (SSSR count). The lowest BCUT2D eigenvalue weighted by atomic mass is 10.3. The molecule has 0 saturated carbocycles. The van der Waals surface area contributed by atoms with Gasteiger partial charge < -0.3 is 5.73 Å². The summed E-state index contributed by atoms with van der Waals surface area (Å²) in [4.78, 5) is 4.89. The number of hydrogen-bond donors (Lipinski definition) is 1. The van der Waals surface area contributed by atoms with E-state index in [1.54, 1.807) is 12.3 Å². The van der Waals surface area contributed by atoms with Crippen LogP contribution in [0.4, 0.5) is 5.69 Å². The molecule has 0 amide bonds. The maximum atomic E-state index is 12.2. The van der Waals surface area contributed by atoms with Crippen LogP contribution in [0.25, 0.3) is 0 Å². The van der Waals surface area contributed by atoms with E-state index in [-0.39, 0.29) is 0 Å². The number of nitrogen functional groups attached to an aromatic ring is 1. The van der Waals surface area contributed by atoms with E-state index < -0.39 is 10.8 Å². The van der Waals surface area contributed by atoms with Crippen LogP contribution in [-0.4, -0.2) is 14.9 Å². The van der Waals surface area contributed by atoms with Crippen LogP contribution < -0.4 is 5.73 Å². The van der Waals surface area contributed by atoms with Crippen molar-refractivity contribution in [3.8, 4) is 0 Å². The van der Waals surface area contributed by atoms with Gasteiger partial charge in [0.1, 0.15) is 0 Å². The molecule has 0 aliphatic rings. The summed E-state index contributed by atoms with van der Waals surface area (Å²) in [5.74, 6) is 0.525. The third kappa shape index (κ3) is 3.40. The van der Waals surface area contributed by atoms with E-state index in [0.29, 0.717) is 22.8 Å². The van der Waals surface area contributed by atoms with E-state index in [1.807, 2.05) is 30.3 Å². The molecular formula is C13H13BrN2OS.